The number of nitrogens with two attached hydrogens (primary N) is 1. The molecule has 0 radical (unpaired) electrons. The minimum absolute atomic E-state index is 0.0219. The van der Waals surface area contributed by atoms with Crippen LogP contribution in [0.4, 0.5) is 17.1 Å². The van der Waals surface area contributed by atoms with E-state index < -0.39 is 0 Å². The fourth-order valence-corrected chi connectivity index (χ4v) is 5.93. The maximum absolute atomic E-state index is 13.4. The van der Waals surface area contributed by atoms with Crippen LogP contribution in [0.3, 0.4) is 0 Å². The first-order chi connectivity index (χ1) is 21.0. The number of hydrogen-bond donors (Lipinski definition) is 3. The third kappa shape index (κ3) is 7.15. The van der Waals surface area contributed by atoms with E-state index in [0.717, 1.165) is 61.8 Å². The number of nitrogens with zero attached hydrogens (tertiary/aromatic N) is 4. The second kappa shape index (κ2) is 14.5. The van der Waals surface area contributed by atoms with E-state index in [0.29, 0.717) is 55.3 Å². The van der Waals surface area contributed by atoms with Gasteiger partial charge in [-0.1, -0.05) is 30.3 Å². The fraction of sp³-hybridized carbons (Fsp3) is 0.424. The molecule has 2 saturated heterocycles. The SMILES string of the molecule is COc1ccccc1N1CCN(CCCOc2cc(N)c(C(=O)N3CCN(c4ccccc4CO)CC3)cc2CO)CC1. The Morgan fingerprint density at radius 3 is 2.12 bits per heavy atom. The first-order valence-electron chi connectivity index (χ1n) is 15.0. The smallest absolute Gasteiger partial charge is 0.256 e. The predicted molar refractivity (Wildman–Crippen MR) is 169 cm³/mol. The molecule has 3 aromatic rings. The summed E-state index contributed by atoms with van der Waals surface area (Å²) >= 11 is 0. The zero-order chi connectivity index (χ0) is 30.2. The van der Waals surface area contributed by atoms with Gasteiger partial charge in [0.2, 0.25) is 0 Å². The third-order valence-electron chi connectivity index (χ3n) is 8.38. The minimum atomic E-state index is -0.244. The molecule has 2 fully saturated rings. The van der Waals surface area contributed by atoms with Gasteiger partial charge in [-0.15, -0.1) is 0 Å². The summed E-state index contributed by atoms with van der Waals surface area (Å²) in [6.45, 7) is 7.34. The lowest BCUT2D eigenvalue weighted by Crippen LogP contribution is -2.49. The average molecular weight is 590 g/mol. The molecule has 2 aliphatic heterocycles. The van der Waals surface area contributed by atoms with Gasteiger partial charge < -0.3 is 40.1 Å². The van der Waals surface area contributed by atoms with Crippen LogP contribution in [-0.2, 0) is 13.2 Å². The second-order valence-electron chi connectivity index (χ2n) is 11.0. The lowest BCUT2D eigenvalue weighted by atomic mass is 10.1. The van der Waals surface area contributed by atoms with Crippen molar-refractivity contribution in [3.8, 4) is 11.5 Å². The van der Waals surface area contributed by atoms with Gasteiger partial charge in [0.25, 0.3) is 5.91 Å². The highest BCUT2D eigenvalue weighted by Gasteiger charge is 2.26. The predicted octanol–water partition coefficient (Wildman–Crippen LogP) is 2.82. The highest BCUT2D eigenvalue weighted by atomic mass is 16.5. The summed E-state index contributed by atoms with van der Waals surface area (Å²) in [4.78, 5) is 22.2. The summed E-state index contributed by atoms with van der Waals surface area (Å²) in [6.07, 6.45) is 0.837. The Labute approximate surface area is 253 Å². The van der Waals surface area contributed by atoms with Gasteiger partial charge in [0.05, 0.1) is 38.2 Å². The third-order valence-corrected chi connectivity index (χ3v) is 8.38. The van der Waals surface area contributed by atoms with Gasteiger partial charge in [-0.3, -0.25) is 9.69 Å². The Kier molecular flexibility index (Phi) is 10.2. The Morgan fingerprint density at radius 1 is 0.791 bits per heavy atom. The number of ether oxygens (including phenoxy) is 2. The number of methoxy groups -OCH3 is 1. The van der Waals surface area contributed by atoms with Crippen molar-refractivity contribution in [2.24, 2.45) is 0 Å². The Hall–Kier alpha value is -3.99. The minimum Gasteiger partial charge on any atom is -0.495 e. The van der Waals surface area contributed by atoms with Gasteiger partial charge in [-0.25, -0.2) is 0 Å². The first kappa shape index (κ1) is 30.5. The van der Waals surface area contributed by atoms with Gasteiger partial charge in [0, 0.05) is 87.5 Å². The summed E-state index contributed by atoms with van der Waals surface area (Å²) < 4.78 is 11.6. The normalized spacial score (nSPS) is 15.9. The van der Waals surface area contributed by atoms with Gasteiger partial charge >= 0.3 is 0 Å². The van der Waals surface area contributed by atoms with Crippen LogP contribution in [0.15, 0.2) is 60.7 Å². The van der Waals surface area contributed by atoms with E-state index in [4.69, 9.17) is 15.2 Å². The molecule has 0 atom stereocenters. The maximum Gasteiger partial charge on any atom is 0.256 e. The Balaban J connectivity index is 1.10. The maximum atomic E-state index is 13.4. The van der Waals surface area contributed by atoms with Crippen LogP contribution in [0.25, 0.3) is 0 Å². The van der Waals surface area contributed by atoms with E-state index in [2.05, 4.69) is 20.8 Å². The summed E-state index contributed by atoms with van der Waals surface area (Å²) in [5.41, 5.74) is 10.6. The number of para-hydroxylation sites is 3. The number of benzene rings is 3. The molecular weight excluding hydrogens is 546 g/mol. The van der Waals surface area contributed by atoms with Crippen LogP contribution < -0.4 is 25.0 Å². The monoisotopic (exact) mass is 589 g/mol. The van der Waals surface area contributed by atoms with Gasteiger partial charge in [-0.05, 0) is 30.7 Å². The molecule has 2 heterocycles. The molecular formula is C33H43N5O5. The molecule has 10 heteroatoms. The topological polar surface area (TPSA) is 115 Å². The molecule has 2 aliphatic rings. The molecule has 43 heavy (non-hydrogen) atoms. The Bertz CT molecular complexity index is 1370. The quantitative estimate of drug-likeness (QED) is 0.229. The largest absolute Gasteiger partial charge is 0.495 e. The molecule has 5 rings (SSSR count). The van der Waals surface area contributed by atoms with E-state index >= 15 is 0 Å². The zero-order valence-corrected chi connectivity index (χ0v) is 25.0. The van der Waals surface area contributed by atoms with Crippen LogP contribution in [0, 0.1) is 0 Å². The van der Waals surface area contributed by atoms with E-state index in [1.54, 1.807) is 24.1 Å². The molecule has 0 bridgehead atoms. The summed E-state index contributed by atoms with van der Waals surface area (Å²) in [5.74, 6) is 1.27. The number of amides is 1. The first-order valence-corrected chi connectivity index (χ1v) is 15.0. The molecule has 0 aromatic heterocycles. The standard InChI is InChI=1S/C33H43N5O5/c1-42-31-10-5-4-9-30(31)37-14-12-35(13-15-37)11-6-20-43-32-22-28(34)27(21-26(32)24-40)33(41)38-18-16-36(17-19-38)29-8-3-2-7-25(29)23-39/h2-5,7-10,21-22,39-40H,6,11-20,23-24,34H2,1H3. The van der Waals surface area contributed by atoms with Crippen molar-refractivity contribution < 1.29 is 24.5 Å². The number of nitrogen functional groups attached to an aromatic ring is 1. The Morgan fingerprint density at radius 2 is 1.42 bits per heavy atom. The fourth-order valence-electron chi connectivity index (χ4n) is 5.93. The van der Waals surface area contributed by atoms with Gasteiger partial charge in [-0.2, -0.15) is 0 Å². The van der Waals surface area contributed by atoms with Gasteiger partial charge in [0.15, 0.2) is 0 Å². The van der Waals surface area contributed by atoms with Gasteiger partial charge in [0.1, 0.15) is 11.5 Å². The molecule has 1 amide bonds. The molecule has 0 saturated carbocycles. The summed E-state index contributed by atoms with van der Waals surface area (Å²) in [6, 6.07) is 19.2. The van der Waals surface area contributed by atoms with E-state index in [1.165, 1.54) is 0 Å². The molecule has 0 spiro atoms. The number of aliphatic hydroxyl groups is 2. The number of carbonyl (C=O) groups excluding carboxylic acids is 1. The molecule has 230 valence electrons. The number of anilines is 3. The number of carbonyl (C=O) groups is 1. The van der Waals surface area contributed by atoms with Crippen molar-refractivity contribution in [3.05, 3.63) is 77.4 Å². The van der Waals surface area contributed by atoms with Crippen LogP contribution in [0.1, 0.15) is 27.9 Å². The molecule has 0 unspecified atom stereocenters. The number of rotatable bonds is 11. The number of aliphatic hydroxyl groups excluding tert-OH is 2. The number of hydrogen-bond acceptors (Lipinski definition) is 9. The van der Waals surface area contributed by atoms with Crippen LogP contribution >= 0.6 is 0 Å². The lowest BCUT2D eigenvalue weighted by Gasteiger charge is -2.37. The highest BCUT2D eigenvalue weighted by Crippen LogP contribution is 2.30. The summed E-state index contributed by atoms with van der Waals surface area (Å²) in [7, 11) is 1.71. The molecule has 10 nitrogen and oxygen atoms in total. The molecule has 3 aromatic carbocycles. The van der Waals surface area contributed by atoms with Crippen molar-refractivity contribution >= 4 is 23.0 Å². The van der Waals surface area contributed by atoms with Crippen LogP contribution in [0.5, 0.6) is 11.5 Å². The van der Waals surface area contributed by atoms with E-state index in [9.17, 15) is 15.0 Å². The zero-order valence-electron chi connectivity index (χ0n) is 25.0. The van der Waals surface area contributed by atoms with E-state index in [-0.39, 0.29) is 19.1 Å². The molecule has 4 N–H and O–H groups in total. The second-order valence-corrected chi connectivity index (χ2v) is 11.0. The van der Waals surface area contributed by atoms with Crippen molar-refractivity contribution in [2.45, 2.75) is 19.6 Å². The summed E-state index contributed by atoms with van der Waals surface area (Å²) in [5, 5.41) is 19.7. The van der Waals surface area contributed by atoms with Crippen LogP contribution in [-0.4, -0.2) is 98.5 Å². The van der Waals surface area contributed by atoms with Crippen LogP contribution in [0.2, 0.25) is 0 Å². The van der Waals surface area contributed by atoms with Crippen molar-refractivity contribution in [1.82, 2.24) is 9.80 Å². The van der Waals surface area contributed by atoms with E-state index in [1.807, 2.05) is 42.5 Å². The number of piperazine rings is 2. The van der Waals surface area contributed by atoms with Crippen molar-refractivity contribution in [2.75, 3.05) is 88.2 Å². The van der Waals surface area contributed by atoms with Crippen molar-refractivity contribution in [1.29, 1.82) is 0 Å². The highest BCUT2D eigenvalue weighted by molar-refractivity contribution is 6.00. The molecule has 0 aliphatic carbocycles. The average Bonchev–Trinajstić information content (AvgIpc) is 3.06. The van der Waals surface area contributed by atoms with Crippen molar-refractivity contribution in [3.63, 3.8) is 0 Å². The lowest BCUT2D eigenvalue weighted by molar-refractivity contribution is 0.0747.